The van der Waals surface area contributed by atoms with Crippen LogP contribution in [0.5, 0.6) is 0 Å². The molecule has 0 spiro atoms. The van der Waals surface area contributed by atoms with Crippen molar-refractivity contribution in [2.24, 2.45) is 0 Å². The van der Waals surface area contributed by atoms with E-state index in [4.69, 9.17) is 9.40 Å². The number of likely N-dealkylation sites (tertiary alicyclic amines) is 1. The second-order valence-electron chi connectivity index (χ2n) is 6.82. The predicted octanol–water partition coefficient (Wildman–Crippen LogP) is 3.90. The molecule has 28 heavy (non-hydrogen) atoms. The molecule has 3 aromatic rings. The van der Waals surface area contributed by atoms with Gasteiger partial charge < -0.3 is 9.32 Å². The van der Waals surface area contributed by atoms with Crippen LogP contribution >= 0.6 is 27.7 Å². The Labute approximate surface area is 175 Å². The van der Waals surface area contributed by atoms with Gasteiger partial charge in [-0.1, -0.05) is 27.7 Å². The average molecular weight is 462 g/mol. The van der Waals surface area contributed by atoms with Gasteiger partial charge in [0, 0.05) is 17.6 Å². The minimum atomic E-state index is -0.319. The fraction of sp³-hybridized carbons (Fsp3) is 0.350. The van der Waals surface area contributed by atoms with Crippen LogP contribution in [0.2, 0.25) is 0 Å². The van der Waals surface area contributed by atoms with Crippen molar-refractivity contribution in [1.29, 1.82) is 0 Å². The molecule has 3 heterocycles. The summed E-state index contributed by atoms with van der Waals surface area (Å²) < 4.78 is 7.85. The first-order valence-electron chi connectivity index (χ1n) is 9.21. The predicted molar refractivity (Wildman–Crippen MR) is 113 cm³/mol. The topological polar surface area (TPSA) is 68.3 Å². The molecule has 1 aliphatic rings. The van der Waals surface area contributed by atoms with Crippen molar-refractivity contribution in [3.63, 3.8) is 0 Å². The maximum absolute atomic E-state index is 13.2. The molecule has 0 aliphatic carbocycles. The minimum Gasteiger partial charge on any atom is -0.467 e. The number of fused-ring (bicyclic) bond motifs is 1. The van der Waals surface area contributed by atoms with Gasteiger partial charge in [-0.3, -0.25) is 14.2 Å². The van der Waals surface area contributed by atoms with Crippen LogP contribution in [0.25, 0.3) is 10.9 Å². The smallest absolute Gasteiger partial charge is 0.262 e. The molecule has 0 radical (unpaired) electrons. The zero-order valence-electron chi connectivity index (χ0n) is 15.4. The van der Waals surface area contributed by atoms with E-state index in [9.17, 15) is 9.59 Å². The molecule has 0 N–H and O–H groups in total. The molecule has 6 nitrogen and oxygen atoms in total. The van der Waals surface area contributed by atoms with Crippen molar-refractivity contribution < 1.29 is 9.21 Å². The SMILES string of the molecule is C[C@@H](Sc1nc2ccc(Br)cc2c(=O)n1Cc1ccco1)C(=O)N1CCCC1. The molecule has 4 rings (SSSR count). The van der Waals surface area contributed by atoms with E-state index in [0.29, 0.717) is 21.8 Å². The summed E-state index contributed by atoms with van der Waals surface area (Å²) in [7, 11) is 0. The van der Waals surface area contributed by atoms with Crippen molar-refractivity contribution in [3.05, 3.63) is 57.2 Å². The number of furan rings is 1. The quantitative estimate of drug-likeness (QED) is 0.425. The van der Waals surface area contributed by atoms with E-state index in [1.807, 2.05) is 30.0 Å². The highest BCUT2D eigenvalue weighted by atomic mass is 79.9. The highest BCUT2D eigenvalue weighted by Gasteiger charge is 2.26. The molecule has 0 bridgehead atoms. The number of thioether (sulfide) groups is 1. The number of rotatable bonds is 5. The van der Waals surface area contributed by atoms with E-state index in [-0.39, 0.29) is 23.3 Å². The van der Waals surface area contributed by atoms with E-state index < -0.39 is 0 Å². The Hall–Kier alpha value is -2.06. The monoisotopic (exact) mass is 461 g/mol. The van der Waals surface area contributed by atoms with Gasteiger partial charge >= 0.3 is 0 Å². The lowest BCUT2D eigenvalue weighted by atomic mass is 10.2. The Morgan fingerprint density at radius 2 is 2.11 bits per heavy atom. The zero-order chi connectivity index (χ0) is 19.7. The van der Waals surface area contributed by atoms with Crippen molar-refractivity contribution in [1.82, 2.24) is 14.5 Å². The third-order valence-electron chi connectivity index (χ3n) is 4.82. The molecule has 8 heteroatoms. The first-order valence-corrected chi connectivity index (χ1v) is 10.9. The normalized spacial score (nSPS) is 15.3. The maximum atomic E-state index is 13.2. The summed E-state index contributed by atoms with van der Waals surface area (Å²) in [6.45, 7) is 3.76. The Morgan fingerprint density at radius 3 is 2.82 bits per heavy atom. The van der Waals surface area contributed by atoms with Crippen molar-refractivity contribution in [2.75, 3.05) is 13.1 Å². The molecule has 1 atom stereocenters. The number of hydrogen-bond acceptors (Lipinski definition) is 5. The molecule has 0 saturated carbocycles. The van der Waals surface area contributed by atoms with Crippen LogP contribution in [0.1, 0.15) is 25.5 Å². The molecule has 1 aliphatic heterocycles. The Morgan fingerprint density at radius 1 is 1.32 bits per heavy atom. The van der Waals surface area contributed by atoms with E-state index in [1.54, 1.807) is 23.0 Å². The van der Waals surface area contributed by atoms with Crippen LogP contribution in [-0.2, 0) is 11.3 Å². The van der Waals surface area contributed by atoms with Gasteiger partial charge in [0.2, 0.25) is 5.91 Å². The van der Waals surface area contributed by atoms with Gasteiger partial charge in [0.05, 0.1) is 29.0 Å². The largest absolute Gasteiger partial charge is 0.467 e. The number of hydrogen-bond donors (Lipinski definition) is 0. The van der Waals surface area contributed by atoms with Crippen molar-refractivity contribution in [3.8, 4) is 0 Å². The van der Waals surface area contributed by atoms with Crippen LogP contribution in [0.15, 0.2) is 55.4 Å². The number of benzene rings is 1. The third kappa shape index (κ3) is 3.89. The van der Waals surface area contributed by atoms with Gasteiger partial charge in [-0.05, 0) is 50.1 Å². The summed E-state index contributed by atoms with van der Waals surface area (Å²) in [5.74, 6) is 0.760. The van der Waals surface area contributed by atoms with Gasteiger partial charge in [0.15, 0.2) is 5.16 Å². The Balaban J connectivity index is 1.73. The van der Waals surface area contributed by atoms with Gasteiger partial charge in [0.1, 0.15) is 5.76 Å². The summed E-state index contributed by atoms with van der Waals surface area (Å²) in [6.07, 6.45) is 3.68. The van der Waals surface area contributed by atoms with Crippen LogP contribution in [0.3, 0.4) is 0 Å². The summed E-state index contributed by atoms with van der Waals surface area (Å²) in [6, 6.07) is 9.06. The van der Waals surface area contributed by atoms with Crippen molar-refractivity contribution in [2.45, 2.75) is 36.7 Å². The lowest BCUT2D eigenvalue weighted by Gasteiger charge is -2.21. The molecule has 1 amide bonds. The fourth-order valence-electron chi connectivity index (χ4n) is 3.36. The standard InChI is InChI=1S/C20H20BrN3O3S/c1-13(18(25)23-8-2-3-9-23)28-20-22-17-7-6-14(21)11-16(17)19(26)24(20)12-15-5-4-10-27-15/h4-7,10-11,13H,2-3,8-9,12H2,1H3/t13-/m1/s1. The number of amides is 1. The van der Waals surface area contributed by atoms with Crippen LogP contribution in [0.4, 0.5) is 0 Å². The van der Waals surface area contributed by atoms with Gasteiger partial charge in [-0.15, -0.1) is 0 Å². The number of carbonyl (C=O) groups is 1. The van der Waals surface area contributed by atoms with Crippen molar-refractivity contribution >= 4 is 44.5 Å². The Bertz CT molecular complexity index is 1060. The fourth-order valence-corrected chi connectivity index (χ4v) is 4.72. The van der Waals surface area contributed by atoms with Crippen LogP contribution in [0, 0.1) is 0 Å². The summed E-state index contributed by atoms with van der Waals surface area (Å²) in [5.41, 5.74) is 0.471. The molecular weight excluding hydrogens is 442 g/mol. The molecule has 0 unspecified atom stereocenters. The maximum Gasteiger partial charge on any atom is 0.262 e. The van der Waals surface area contributed by atoms with E-state index in [2.05, 4.69) is 15.9 Å². The van der Waals surface area contributed by atoms with E-state index in [0.717, 1.165) is 30.4 Å². The lowest BCUT2D eigenvalue weighted by Crippen LogP contribution is -2.34. The van der Waals surface area contributed by atoms with E-state index >= 15 is 0 Å². The Kier molecular flexibility index (Phi) is 5.59. The first-order chi connectivity index (χ1) is 13.5. The van der Waals surface area contributed by atoms with E-state index in [1.165, 1.54) is 11.8 Å². The lowest BCUT2D eigenvalue weighted by molar-refractivity contribution is -0.129. The van der Waals surface area contributed by atoms with Gasteiger partial charge in [-0.2, -0.15) is 0 Å². The minimum absolute atomic E-state index is 0.0946. The summed E-state index contributed by atoms with van der Waals surface area (Å²) >= 11 is 4.74. The molecule has 1 fully saturated rings. The van der Waals surface area contributed by atoms with Gasteiger partial charge in [0.25, 0.3) is 5.56 Å². The second-order valence-corrected chi connectivity index (χ2v) is 9.04. The third-order valence-corrected chi connectivity index (χ3v) is 6.39. The number of aromatic nitrogens is 2. The molecule has 1 aromatic carbocycles. The zero-order valence-corrected chi connectivity index (χ0v) is 17.8. The van der Waals surface area contributed by atoms with Crippen LogP contribution in [-0.4, -0.2) is 38.7 Å². The van der Waals surface area contributed by atoms with Crippen LogP contribution < -0.4 is 5.56 Å². The highest BCUT2D eigenvalue weighted by molar-refractivity contribution is 9.10. The molecule has 1 saturated heterocycles. The number of halogens is 1. The molecular formula is C20H20BrN3O3S. The number of carbonyl (C=O) groups excluding carboxylic acids is 1. The number of nitrogens with zero attached hydrogens (tertiary/aromatic N) is 3. The first kappa shape index (κ1) is 19.3. The summed E-state index contributed by atoms with van der Waals surface area (Å²) in [5, 5.41) is 0.737. The average Bonchev–Trinajstić information content (AvgIpc) is 3.39. The van der Waals surface area contributed by atoms with Gasteiger partial charge in [-0.25, -0.2) is 4.98 Å². The second kappa shape index (κ2) is 8.13. The summed E-state index contributed by atoms with van der Waals surface area (Å²) in [4.78, 5) is 32.5. The highest BCUT2D eigenvalue weighted by Crippen LogP contribution is 2.26. The molecule has 146 valence electrons. The molecule has 2 aromatic heterocycles.